The maximum atomic E-state index is 3.41. The van der Waals surface area contributed by atoms with E-state index in [-0.39, 0.29) is 9.52 Å². The molecule has 0 aromatic heterocycles. The van der Waals surface area contributed by atoms with Crippen molar-refractivity contribution in [1.82, 2.24) is 5.32 Å². The minimum absolute atomic E-state index is 0.177. The third-order valence-electron chi connectivity index (χ3n) is 2.24. The zero-order valence-corrected chi connectivity index (χ0v) is 9.90. The maximum Gasteiger partial charge on any atom is 0.0273 e. The largest absolute Gasteiger partial charge is 0.317 e. The van der Waals surface area contributed by atoms with E-state index in [9.17, 15) is 0 Å². The highest BCUT2D eigenvalue weighted by Crippen LogP contribution is 2.13. The summed E-state index contributed by atoms with van der Waals surface area (Å²) in [6.07, 6.45) is 1.38. The highest BCUT2D eigenvalue weighted by molar-refractivity contribution is 6.39. The van der Waals surface area contributed by atoms with Gasteiger partial charge in [0.05, 0.1) is 0 Å². The second-order valence-electron chi connectivity index (χ2n) is 3.66. The zero-order chi connectivity index (χ0) is 8.69. The van der Waals surface area contributed by atoms with E-state index >= 15 is 0 Å². The van der Waals surface area contributed by atoms with E-state index in [1.54, 1.807) is 0 Å². The van der Waals surface area contributed by atoms with Gasteiger partial charge in [0, 0.05) is 9.52 Å². The van der Waals surface area contributed by atoms with Gasteiger partial charge in [-0.05, 0) is 18.6 Å². The highest BCUT2D eigenvalue weighted by Gasteiger charge is 2.06. The van der Waals surface area contributed by atoms with Gasteiger partial charge in [0.25, 0.3) is 0 Å². The molecular formula is C9H23NSi. The summed E-state index contributed by atoms with van der Waals surface area (Å²) >= 11 is 0. The van der Waals surface area contributed by atoms with Gasteiger partial charge in [-0.15, -0.1) is 0 Å². The third kappa shape index (κ3) is 6.57. The molecule has 0 fully saturated rings. The van der Waals surface area contributed by atoms with Gasteiger partial charge in [-0.1, -0.05) is 39.7 Å². The Balaban J connectivity index is 3.27. The standard InChI is InChI=1S/C9H23NSi/c1-5-8(3)11-9(4)7-10-6-2/h8-10H,5-7,11H2,1-4H3. The van der Waals surface area contributed by atoms with Crippen LogP contribution in [0.3, 0.4) is 0 Å². The Morgan fingerprint density at radius 3 is 2.27 bits per heavy atom. The Kier molecular flexibility index (Phi) is 6.97. The van der Waals surface area contributed by atoms with E-state index in [4.69, 9.17) is 0 Å². The molecular weight excluding hydrogens is 150 g/mol. The average molecular weight is 173 g/mol. The van der Waals surface area contributed by atoms with Gasteiger partial charge >= 0.3 is 0 Å². The number of nitrogens with one attached hydrogen (secondary N) is 1. The molecule has 1 nitrogen and oxygen atoms in total. The first-order chi connectivity index (χ1) is 5.20. The molecule has 0 bridgehead atoms. The van der Waals surface area contributed by atoms with Crippen LogP contribution < -0.4 is 5.32 Å². The van der Waals surface area contributed by atoms with E-state index in [1.807, 2.05) is 0 Å². The summed E-state index contributed by atoms with van der Waals surface area (Å²) in [5.74, 6) is 0. The molecule has 2 unspecified atom stereocenters. The van der Waals surface area contributed by atoms with Crippen LogP contribution in [0.25, 0.3) is 0 Å². The minimum Gasteiger partial charge on any atom is -0.317 e. The summed E-state index contributed by atoms with van der Waals surface area (Å²) in [6.45, 7) is 11.6. The van der Waals surface area contributed by atoms with Crippen molar-refractivity contribution >= 4 is 9.52 Å². The van der Waals surface area contributed by atoms with Crippen molar-refractivity contribution in [1.29, 1.82) is 0 Å². The summed E-state index contributed by atoms with van der Waals surface area (Å²) < 4.78 is 0. The topological polar surface area (TPSA) is 12.0 Å². The quantitative estimate of drug-likeness (QED) is 0.604. The lowest BCUT2D eigenvalue weighted by atomic mass is 10.4. The summed E-state index contributed by atoms with van der Waals surface area (Å²) in [4.78, 5) is 0. The van der Waals surface area contributed by atoms with Crippen molar-refractivity contribution in [2.24, 2.45) is 0 Å². The van der Waals surface area contributed by atoms with Gasteiger partial charge in [0.1, 0.15) is 0 Å². The zero-order valence-electron chi connectivity index (χ0n) is 8.48. The lowest BCUT2D eigenvalue weighted by Crippen LogP contribution is -2.21. The van der Waals surface area contributed by atoms with Crippen LogP contribution >= 0.6 is 0 Å². The fraction of sp³-hybridized carbons (Fsp3) is 1.00. The van der Waals surface area contributed by atoms with Crippen LogP contribution in [0.4, 0.5) is 0 Å². The Hall–Kier alpha value is 0.177. The van der Waals surface area contributed by atoms with E-state index in [1.165, 1.54) is 13.0 Å². The van der Waals surface area contributed by atoms with Crippen molar-refractivity contribution in [2.45, 2.75) is 45.2 Å². The van der Waals surface area contributed by atoms with Gasteiger partial charge in [-0.2, -0.15) is 0 Å². The predicted octanol–water partition coefficient (Wildman–Crippen LogP) is 1.79. The van der Waals surface area contributed by atoms with Crippen molar-refractivity contribution < 1.29 is 0 Å². The molecule has 1 N–H and O–H groups in total. The van der Waals surface area contributed by atoms with Crippen LogP contribution in [-0.4, -0.2) is 22.6 Å². The van der Waals surface area contributed by atoms with Crippen LogP contribution in [0.5, 0.6) is 0 Å². The minimum atomic E-state index is 0.177. The van der Waals surface area contributed by atoms with Gasteiger partial charge in [0.15, 0.2) is 0 Å². The Morgan fingerprint density at radius 1 is 1.18 bits per heavy atom. The molecule has 2 heteroatoms. The molecule has 0 saturated heterocycles. The van der Waals surface area contributed by atoms with Crippen LogP contribution in [-0.2, 0) is 0 Å². The molecule has 0 spiro atoms. The summed E-state index contributed by atoms with van der Waals surface area (Å²) in [6, 6.07) is 0. The van der Waals surface area contributed by atoms with Gasteiger partial charge in [0.2, 0.25) is 0 Å². The van der Waals surface area contributed by atoms with E-state index in [0.29, 0.717) is 0 Å². The van der Waals surface area contributed by atoms with Gasteiger partial charge < -0.3 is 5.32 Å². The lowest BCUT2D eigenvalue weighted by Gasteiger charge is -2.14. The molecule has 0 aliphatic rings. The summed E-state index contributed by atoms with van der Waals surface area (Å²) in [7, 11) is 0.177. The third-order valence-corrected chi connectivity index (χ3v) is 4.72. The monoisotopic (exact) mass is 173 g/mol. The number of hydrogen-bond donors (Lipinski definition) is 1. The average Bonchev–Trinajstić information content (AvgIpc) is 2.00. The van der Waals surface area contributed by atoms with E-state index < -0.39 is 0 Å². The Morgan fingerprint density at radius 2 is 1.82 bits per heavy atom. The number of hydrogen-bond acceptors (Lipinski definition) is 1. The molecule has 0 rings (SSSR count). The SMILES string of the molecule is CCNCC(C)[SiH2]C(C)CC. The van der Waals surface area contributed by atoms with Gasteiger partial charge in [-0.3, -0.25) is 0 Å². The van der Waals surface area contributed by atoms with Crippen molar-refractivity contribution in [3.63, 3.8) is 0 Å². The highest BCUT2D eigenvalue weighted by atomic mass is 28.2. The molecule has 0 aromatic rings. The molecule has 0 radical (unpaired) electrons. The molecule has 11 heavy (non-hydrogen) atoms. The van der Waals surface area contributed by atoms with Crippen LogP contribution in [0.15, 0.2) is 0 Å². The summed E-state index contributed by atoms with van der Waals surface area (Å²) in [5, 5.41) is 3.41. The Labute approximate surface area is 73.8 Å². The Bertz CT molecular complexity index is 85.6. The fourth-order valence-corrected chi connectivity index (χ4v) is 3.41. The molecule has 0 amide bonds. The lowest BCUT2D eigenvalue weighted by molar-refractivity contribution is 0.689. The first-order valence-electron chi connectivity index (χ1n) is 4.91. The molecule has 68 valence electrons. The number of rotatable bonds is 6. The first-order valence-corrected chi connectivity index (χ1v) is 6.54. The van der Waals surface area contributed by atoms with E-state index in [2.05, 4.69) is 33.0 Å². The van der Waals surface area contributed by atoms with Crippen molar-refractivity contribution in [3.05, 3.63) is 0 Å². The van der Waals surface area contributed by atoms with Crippen LogP contribution in [0.2, 0.25) is 11.1 Å². The van der Waals surface area contributed by atoms with Crippen molar-refractivity contribution in [3.8, 4) is 0 Å². The fourth-order valence-electron chi connectivity index (χ4n) is 1.33. The first kappa shape index (κ1) is 11.2. The summed E-state index contributed by atoms with van der Waals surface area (Å²) in [5.41, 5.74) is 2.01. The predicted molar refractivity (Wildman–Crippen MR) is 56.2 cm³/mol. The van der Waals surface area contributed by atoms with Crippen LogP contribution in [0.1, 0.15) is 34.1 Å². The molecule has 0 heterocycles. The van der Waals surface area contributed by atoms with Crippen LogP contribution in [0, 0.1) is 0 Å². The maximum absolute atomic E-state index is 3.41. The molecule has 0 aromatic carbocycles. The second kappa shape index (κ2) is 6.86. The molecule has 2 atom stereocenters. The second-order valence-corrected chi connectivity index (χ2v) is 6.92. The van der Waals surface area contributed by atoms with E-state index in [0.717, 1.165) is 17.6 Å². The van der Waals surface area contributed by atoms with Gasteiger partial charge in [-0.25, -0.2) is 0 Å². The molecule has 0 aliphatic heterocycles. The van der Waals surface area contributed by atoms with Crippen molar-refractivity contribution in [2.75, 3.05) is 13.1 Å². The smallest absolute Gasteiger partial charge is 0.0273 e. The normalized spacial score (nSPS) is 17.5. The molecule has 0 aliphatic carbocycles. The molecule has 0 saturated carbocycles.